The molecule has 1 N–H and O–H groups in total. The Hall–Kier alpha value is -2.85. The lowest BCUT2D eigenvalue weighted by atomic mass is 10.2. The number of benzene rings is 1. The van der Waals surface area contributed by atoms with Gasteiger partial charge in [0.15, 0.2) is 5.82 Å². The second kappa shape index (κ2) is 6.94. The topological polar surface area (TPSA) is 79.4 Å². The molecule has 114 valence electrons. The number of aromatic nitrogens is 4. The highest BCUT2D eigenvalue weighted by molar-refractivity contribution is 7.98. The zero-order valence-corrected chi connectivity index (χ0v) is 13.3. The van der Waals surface area contributed by atoms with Crippen molar-refractivity contribution in [3.63, 3.8) is 0 Å². The molecule has 2 heterocycles. The molecule has 0 aliphatic carbocycles. The summed E-state index contributed by atoms with van der Waals surface area (Å²) in [5.41, 5.74) is 2.47. The summed E-state index contributed by atoms with van der Waals surface area (Å²) in [6, 6.07) is 10.2. The van der Waals surface area contributed by atoms with Crippen LogP contribution in [0.4, 0.5) is 11.5 Å². The molecule has 0 bridgehead atoms. The van der Waals surface area contributed by atoms with Gasteiger partial charge in [0.05, 0.1) is 6.33 Å². The molecule has 0 saturated carbocycles. The van der Waals surface area contributed by atoms with E-state index >= 15 is 0 Å². The molecule has 0 saturated heterocycles. The molecule has 0 amide bonds. The first-order valence-corrected chi connectivity index (χ1v) is 8.13. The van der Waals surface area contributed by atoms with E-state index in [1.165, 1.54) is 18.1 Å². The number of nitrogens with zero attached hydrogens (tertiary/aromatic N) is 5. The van der Waals surface area contributed by atoms with E-state index in [0.717, 1.165) is 17.8 Å². The number of rotatable bonds is 5. The highest BCUT2D eigenvalue weighted by Crippen LogP contribution is 2.25. The lowest BCUT2D eigenvalue weighted by molar-refractivity contribution is 0.797. The molecular weight excluding hydrogens is 308 g/mol. The van der Waals surface area contributed by atoms with Crippen LogP contribution in [0, 0.1) is 11.3 Å². The van der Waals surface area contributed by atoms with Gasteiger partial charge in [0.1, 0.15) is 23.0 Å². The zero-order chi connectivity index (χ0) is 16.1. The molecule has 3 rings (SSSR count). The van der Waals surface area contributed by atoms with E-state index in [0.29, 0.717) is 16.4 Å². The first kappa shape index (κ1) is 15.1. The third kappa shape index (κ3) is 3.49. The monoisotopic (exact) mass is 322 g/mol. The maximum atomic E-state index is 9.34. The number of hydrogen-bond acceptors (Lipinski definition) is 6. The minimum absolute atomic E-state index is 0.458. The standard InChI is InChI=1S/C16H14N6S/c1-23-16-14(8-17)15(19-10-20-16)21-13-4-2-3-12(7-13)9-22-6-5-18-11-22/h2-7,10-11H,9H2,1H3,(H,19,20,21). The number of thioether (sulfide) groups is 1. The maximum absolute atomic E-state index is 9.34. The summed E-state index contributed by atoms with van der Waals surface area (Å²) in [6.07, 6.45) is 8.81. The van der Waals surface area contributed by atoms with Crippen molar-refractivity contribution in [3.8, 4) is 6.07 Å². The van der Waals surface area contributed by atoms with E-state index in [2.05, 4.69) is 26.3 Å². The lowest BCUT2D eigenvalue weighted by Gasteiger charge is -2.10. The Bertz CT molecular complexity index is 838. The largest absolute Gasteiger partial charge is 0.339 e. The minimum atomic E-state index is 0.458. The van der Waals surface area contributed by atoms with Crippen molar-refractivity contribution in [1.82, 2.24) is 19.5 Å². The number of nitriles is 1. The summed E-state index contributed by atoms with van der Waals surface area (Å²) in [4.78, 5) is 12.3. The molecule has 0 atom stereocenters. The second-order valence-electron chi connectivity index (χ2n) is 4.78. The highest BCUT2D eigenvalue weighted by Gasteiger charge is 2.10. The smallest absolute Gasteiger partial charge is 0.152 e. The first-order valence-electron chi connectivity index (χ1n) is 6.91. The van der Waals surface area contributed by atoms with Crippen LogP contribution in [0.25, 0.3) is 0 Å². The van der Waals surface area contributed by atoms with Crippen LogP contribution in [-0.2, 0) is 6.54 Å². The predicted octanol–water partition coefficient (Wildman–Crippen LogP) is 3.06. The van der Waals surface area contributed by atoms with Gasteiger partial charge in [0.25, 0.3) is 0 Å². The van der Waals surface area contributed by atoms with Crippen molar-refractivity contribution in [3.05, 3.63) is 60.4 Å². The molecule has 6 nitrogen and oxygen atoms in total. The van der Waals surface area contributed by atoms with E-state index in [9.17, 15) is 5.26 Å². The van der Waals surface area contributed by atoms with E-state index in [1.807, 2.05) is 41.3 Å². The van der Waals surface area contributed by atoms with E-state index in [1.54, 1.807) is 12.5 Å². The van der Waals surface area contributed by atoms with Crippen molar-refractivity contribution in [2.24, 2.45) is 0 Å². The molecule has 7 heteroatoms. The van der Waals surface area contributed by atoms with Gasteiger partial charge in [-0.15, -0.1) is 11.8 Å². The Labute approximate surface area is 138 Å². The third-order valence-corrected chi connectivity index (χ3v) is 3.93. The van der Waals surface area contributed by atoms with Crippen molar-refractivity contribution < 1.29 is 0 Å². The average molecular weight is 322 g/mol. The Morgan fingerprint density at radius 3 is 3.00 bits per heavy atom. The fraction of sp³-hybridized carbons (Fsp3) is 0.125. The fourth-order valence-electron chi connectivity index (χ4n) is 2.19. The number of imidazole rings is 1. The minimum Gasteiger partial charge on any atom is -0.339 e. The number of anilines is 2. The van der Waals surface area contributed by atoms with Crippen molar-refractivity contribution in [1.29, 1.82) is 5.26 Å². The van der Waals surface area contributed by atoms with Gasteiger partial charge < -0.3 is 9.88 Å². The zero-order valence-electron chi connectivity index (χ0n) is 12.5. The Morgan fingerprint density at radius 1 is 1.35 bits per heavy atom. The van der Waals surface area contributed by atoms with Crippen LogP contribution in [0.3, 0.4) is 0 Å². The quantitative estimate of drug-likeness (QED) is 0.574. The molecule has 0 unspecified atom stereocenters. The van der Waals surface area contributed by atoms with Gasteiger partial charge in [0.2, 0.25) is 0 Å². The van der Waals surface area contributed by atoms with Crippen molar-refractivity contribution in [2.75, 3.05) is 11.6 Å². The second-order valence-corrected chi connectivity index (χ2v) is 5.57. The number of hydrogen-bond donors (Lipinski definition) is 1. The summed E-state index contributed by atoms with van der Waals surface area (Å²) in [7, 11) is 0. The van der Waals surface area contributed by atoms with Crippen LogP contribution in [0.5, 0.6) is 0 Å². The van der Waals surface area contributed by atoms with E-state index in [4.69, 9.17) is 0 Å². The molecule has 0 aliphatic rings. The molecule has 23 heavy (non-hydrogen) atoms. The van der Waals surface area contributed by atoms with Crippen LogP contribution in [0.1, 0.15) is 11.1 Å². The average Bonchev–Trinajstić information content (AvgIpc) is 3.08. The molecule has 0 fully saturated rings. The van der Waals surface area contributed by atoms with Crippen LogP contribution >= 0.6 is 11.8 Å². The van der Waals surface area contributed by atoms with Crippen LogP contribution in [0.15, 0.2) is 54.3 Å². The third-order valence-electron chi connectivity index (χ3n) is 3.23. The Balaban J connectivity index is 1.85. The summed E-state index contributed by atoms with van der Waals surface area (Å²) in [6.45, 7) is 0.737. The van der Waals surface area contributed by atoms with E-state index in [-0.39, 0.29) is 0 Å². The first-order chi connectivity index (χ1) is 11.3. The number of nitrogens with one attached hydrogen (secondary N) is 1. The normalized spacial score (nSPS) is 10.3. The van der Waals surface area contributed by atoms with Gasteiger partial charge in [-0.05, 0) is 24.0 Å². The summed E-state index contributed by atoms with van der Waals surface area (Å²) < 4.78 is 2.00. The Kier molecular flexibility index (Phi) is 4.54. The molecule has 3 aromatic rings. The summed E-state index contributed by atoms with van der Waals surface area (Å²) >= 11 is 1.43. The molecular formula is C16H14N6S. The van der Waals surface area contributed by atoms with Crippen molar-refractivity contribution in [2.45, 2.75) is 11.6 Å². The molecule has 0 aliphatic heterocycles. The molecule has 0 radical (unpaired) electrons. The van der Waals surface area contributed by atoms with Crippen LogP contribution in [-0.4, -0.2) is 25.8 Å². The highest BCUT2D eigenvalue weighted by atomic mass is 32.2. The summed E-state index contributed by atoms with van der Waals surface area (Å²) in [5.74, 6) is 0.520. The maximum Gasteiger partial charge on any atom is 0.152 e. The van der Waals surface area contributed by atoms with Gasteiger partial charge in [-0.3, -0.25) is 0 Å². The van der Waals surface area contributed by atoms with Crippen LogP contribution < -0.4 is 5.32 Å². The van der Waals surface area contributed by atoms with Gasteiger partial charge >= 0.3 is 0 Å². The Morgan fingerprint density at radius 2 is 2.26 bits per heavy atom. The lowest BCUT2D eigenvalue weighted by Crippen LogP contribution is -2.01. The van der Waals surface area contributed by atoms with Crippen LogP contribution in [0.2, 0.25) is 0 Å². The summed E-state index contributed by atoms with van der Waals surface area (Å²) in [5, 5.41) is 13.2. The van der Waals surface area contributed by atoms with Gasteiger partial charge in [-0.1, -0.05) is 12.1 Å². The molecule has 2 aromatic heterocycles. The van der Waals surface area contributed by atoms with Gasteiger partial charge in [-0.2, -0.15) is 5.26 Å². The fourth-order valence-corrected chi connectivity index (χ4v) is 2.69. The van der Waals surface area contributed by atoms with Gasteiger partial charge in [-0.25, -0.2) is 15.0 Å². The predicted molar refractivity (Wildman–Crippen MR) is 89.6 cm³/mol. The van der Waals surface area contributed by atoms with E-state index < -0.39 is 0 Å². The SMILES string of the molecule is CSc1ncnc(Nc2cccc(Cn3ccnc3)c2)c1C#N. The van der Waals surface area contributed by atoms with Crippen molar-refractivity contribution >= 4 is 23.3 Å². The molecule has 0 spiro atoms. The van der Waals surface area contributed by atoms with Gasteiger partial charge in [0, 0.05) is 24.6 Å². The molecule has 1 aromatic carbocycles.